The van der Waals surface area contributed by atoms with Crippen LogP contribution in [0.2, 0.25) is 0 Å². The van der Waals surface area contributed by atoms with Crippen LogP contribution in [0.25, 0.3) is 10.9 Å². The number of aromatic nitrogens is 1. The van der Waals surface area contributed by atoms with E-state index in [-0.39, 0.29) is 11.7 Å². The Morgan fingerprint density at radius 1 is 1.26 bits per heavy atom. The molecule has 0 aliphatic carbocycles. The average Bonchev–Trinajstić information content (AvgIpc) is 3.28. The van der Waals surface area contributed by atoms with Crippen LogP contribution in [0.1, 0.15) is 24.0 Å². The van der Waals surface area contributed by atoms with Crippen molar-refractivity contribution in [3.8, 4) is 5.75 Å². The summed E-state index contributed by atoms with van der Waals surface area (Å²) in [5.74, 6) is 0.708. The van der Waals surface area contributed by atoms with Crippen molar-refractivity contribution < 1.29 is 9.47 Å². The Morgan fingerprint density at radius 2 is 2.06 bits per heavy atom. The van der Waals surface area contributed by atoms with Crippen LogP contribution < -0.4 is 15.6 Å². The van der Waals surface area contributed by atoms with E-state index in [4.69, 9.17) is 21.7 Å². The molecule has 0 spiro atoms. The van der Waals surface area contributed by atoms with Crippen LogP contribution in [-0.4, -0.2) is 41.4 Å². The molecule has 0 amide bonds. The molecule has 162 valence electrons. The molecule has 0 saturated carbocycles. The Balaban J connectivity index is 1.58. The number of nitrogens with one attached hydrogen (secondary N) is 2. The fraction of sp³-hybridized carbons (Fsp3) is 0.333. The highest BCUT2D eigenvalue weighted by molar-refractivity contribution is 7.80. The molecule has 2 heterocycles. The summed E-state index contributed by atoms with van der Waals surface area (Å²) < 4.78 is 11.1. The van der Waals surface area contributed by atoms with Crippen LogP contribution in [0.3, 0.4) is 0 Å². The van der Waals surface area contributed by atoms with Crippen molar-refractivity contribution in [1.82, 2.24) is 9.88 Å². The lowest BCUT2D eigenvalue weighted by Gasteiger charge is -2.28. The van der Waals surface area contributed by atoms with E-state index in [2.05, 4.69) is 10.3 Å². The fourth-order valence-corrected chi connectivity index (χ4v) is 4.03. The van der Waals surface area contributed by atoms with Gasteiger partial charge < -0.3 is 24.7 Å². The van der Waals surface area contributed by atoms with E-state index in [1.165, 1.54) is 5.56 Å². The molecule has 0 unspecified atom stereocenters. The van der Waals surface area contributed by atoms with Gasteiger partial charge >= 0.3 is 0 Å². The molecule has 1 aliphatic rings. The number of benzene rings is 2. The van der Waals surface area contributed by atoms with Gasteiger partial charge in [-0.15, -0.1) is 0 Å². The lowest BCUT2D eigenvalue weighted by Crippen LogP contribution is -2.40. The standard InChI is InChI=1S/C24H27N3O3S/c1-16-5-8-19(9-6-16)25-24(31)27(15-21-4-3-11-30-21)14-18-12-17-7-10-20(29-2)13-22(17)26-23(18)28/h5-10,12-13,21H,3-4,11,14-15H2,1-2H3,(H,25,31)(H,26,28)/t21-/m1/s1. The smallest absolute Gasteiger partial charge is 0.253 e. The quantitative estimate of drug-likeness (QED) is 0.563. The van der Waals surface area contributed by atoms with E-state index >= 15 is 0 Å². The van der Waals surface area contributed by atoms with Gasteiger partial charge in [-0.2, -0.15) is 0 Å². The molecule has 1 atom stereocenters. The van der Waals surface area contributed by atoms with Gasteiger partial charge in [0.05, 0.1) is 25.3 Å². The van der Waals surface area contributed by atoms with Gasteiger partial charge in [0.1, 0.15) is 5.75 Å². The zero-order valence-corrected chi connectivity index (χ0v) is 18.6. The second-order valence-corrected chi connectivity index (χ2v) is 8.28. The van der Waals surface area contributed by atoms with Gasteiger partial charge in [-0.05, 0) is 67.7 Å². The number of aryl methyl sites for hydroxylation is 1. The van der Waals surface area contributed by atoms with Crippen molar-refractivity contribution in [2.75, 3.05) is 25.6 Å². The predicted octanol–water partition coefficient (Wildman–Crippen LogP) is 4.22. The number of H-pyrrole nitrogens is 1. The molecule has 2 N–H and O–H groups in total. The van der Waals surface area contributed by atoms with Gasteiger partial charge in [-0.25, -0.2) is 0 Å². The van der Waals surface area contributed by atoms with Crippen molar-refractivity contribution in [3.05, 3.63) is 70.0 Å². The van der Waals surface area contributed by atoms with Crippen molar-refractivity contribution in [3.63, 3.8) is 0 Å². The number of thiocarbonyl (C=S) groups is 1. The summed E-state index contributed by atoms with van der Waals surface area (Å²) in [6.07, 6.45) is 2.16. The molecule has 2 aromatic carbocycles. The number of hydrogen-bond acceptors (Lipinski definition) is 4. The zero-order chi connectivity index (χ0) is 21.8. The first-order valence-corrected chi connectivity index (χ1v) is 10.9. The lowest BCUT2D eigenvalue weighted by atomic mass is 10.1. The Bertz CT molecular complexity index is 1120. The van der Waals surface area contributed by atoms with Crippen molar-refractivity contribution in [1.29, 1.82) is 0 Å². The molecule has 1 fully saturated rings. The molecule has 1 saturated heterocycles. The van der Waals surface area contributed by atoms with Crippen molar-refractivity contribution >= 4 is 33.9 Å². The summed E-state index contributed by atoms with van der Waals surface area (Å²) in [6, 6.07) is 15.7. The molecular formula is C24H27N3O3S. The topological polar surface area (TPSA) is 66.6 Å². The first-order valence-electron chi connectivity index (χ1n) is 10.5. The first kappa shape index (κ1) is 21.3. The minimum atomic E-state index is -0.128. The number of rotatable bonds is 6. The van der Waals surface area contributed by atoms with Gasteiger partial charge in [0.2, 0.25) is 0 Å². The van der Waals surface area contributed by atoms with Crippen molar-refractivity contribution in [2.24, 2.45) is 0 Å². The predicted molar refractivity (Wildman–Crippen MR) is 128 cm³/mol. The molecule has 0 bridgehead atoms. The van der Waals surface area contributed by atoms with Gasteiger partial charge in [-0.1, -0.05) is 17.7 Å². The minimum Gasteiger partial charge on any atom is -0.497 e. The van der Waals surface area contributed by atoms with Crippen LogP contribution in [-0.2, 0) is 11.3 Å². The maximum Gasteiger partial charge on any atom is 0.253 e. The van der Waals surface area contributed by atoms with Gasteiger partial charge in [-0.3, -0.25) is 4.79 Å². The van der Waals surface area contributed by atoms with Crippen LogP contribution in [0, 0.1) is 6.92 Å². The van der Waals surface area contributed by atoms with E-state index in [1.807, 2.05) is 60.4 Å². The molecule has 6 nitrogen and oxygen atoms in total. The Morgan fingerprint density at radius 3 is 2.77 bits per heavy atom. The summed E-state index contributed by atoms with van der Waals surface area (Å²) in [6.45, 7) is 3.86. The highest BCUT2D eigenvalue weighted by atomic mass is 32.1. The highest BCUT2D eigenvalue weighted by Gasteiger charge is 2.22. The second-order valence-electron chi connectivity index (χ2n) is 7.89. The molecule has 4 rings (SSSR count). The van der Waals surface area contributed by atoms with Crippen LogP contribution >= 0.6 is 12.2 Å². The van der Waals surface area contributed by atoms with Gasteiger partial charge in [0.15, 0.2) is 5.11 Å². The highest BCUT2D eigenvalue weighted by Crippen LogP contribution is 2.20. The van der Waals surface area contributed by atoms with E-state index < -0.39 is 0 Å². The number of ether oxygens (including phenoxy) is 2. The monoisotopic (exact) mass is 437 g/mol. The third-order valence-corrected chi connectivity index (χ3v) is 5.89. The van der Waals surface area contributed by atoms with E-state index in [9.17, 15) is 4.79 Å². The maximum absolute atomic E-state index is 12.8. The number of nitrogens with zero attached hydrogens (tertiary/aromatic N) is 1. The van der Waals surface area contributed by atoms with E-state index in [1.54, 1.807) is 7.11 Å². The summed E-state index contributed by atoms with van der Waals surface area (Å²) in [7, 11) is 1.61. The first-order chi connectivity index (χ1) is 15.0. The number of methoxy groups -OCH3 is 1. The maximum atomic E-state index is 12.8. The van der Waals surface area contributed by atoms with Crippen LogP contribution in [0.15, 0.2) is 53.3 Å². The summed E-state index contributed by atoms with van der Waals surface area (Å²) in [5.41, 5.74) is 3.39. The SMILES string of the molecule is COc1ccc2cc(CN(C[C@H]3CCCO3)C(=S)Nc3ccc(C)cc3)c(=O)[nH]c2c1. The number of anilines is 1. The van der Waals surface area contributed by atoms with Gasteiger partial charge in [0.25, 0.3) is 5.56 Å². The Labute approximate surface area is 187 Å². The van der Waals surface area contributed by atoms with Gasteiger partial charge in [0, 0.05) is 30.5 Å². The van der Waals surface area contributed by atoms with Crippen molar-refractivity contribution in [2.45, 2.75) is 32.4 Å². The summed E-state index contributed by atoms with van der Waals surface area (Å²) in [5, 5.41) is 4.83. The summed E-state index contributed by atoms with van der Waals surface area (Å²) >= 11 is 5.73. The molecule has 31 heavy (non-hydrogen) atoms. The average molecular weight is 438 g/mol. The molecule has 1 aliphatic heterocycles. The number of fused-ring (bicyclic) bond motifs is 1. The van der Waals surface area contributed by atoms with Crippen LogP contribution in [0.4, 0.5) is 5.69 Å². The Hall–Kier alpha value is -2.90. The van der Waals surface area contributed by atoms with Crippen LogP contribution in [0.5, 0.6) is 5.75 Å². The zero-order valence-electron chi connectivity index (χ0n) is 17.8. The molecule has 1 aromatic heterocycles. The molecule has 0 radical (unpaired) electrons. The largest absolute Gasteiger partial charge is 0.497 e. The van der Waals surface area contributed by atoms with E-state index in [0.29, 0.717) is 29.5 Å². The number of pyridine rings is 1. The third-order valence-electron chi connectivity index (χ3n) is 5.53. The lowest BCUT2D eigenvalue weighted by molar-refractivity contribution is 0.0904. The second kappa shape index (κ2) is 9.49. The number of aromatic amines is 1. The number of hydrogen-bond donors (Lipinski definition) is 2. The molecular weight excluding hydrogens is 410 g/mol. The molecule has 3 aromatic rings. The fourth-order valence-electron chi connectivity index (χ4n) is 3.77. The minimum absolute atomic E-state index is 0.113. The van der Waals surface area contributed by atoms with E-state index in [0.717, 1.165) is 36.0 Å². The summed E-state index contributed by atoms with van der Waals surface area (Å²) in [4.78, 5) is 17.8. The Kier molecular flexibility index (Phi) is 6.53. The normalized spacial score (nSPS) is 15.7. The third kappa shape index (κ3) is 5.24. The molecule has 7 heteroatoms.